The van der Waals surface area contributed by atoms with Crippen LogP contribution in [0, 0.1) is 6.92 Å². The summed E-state index contributed by atoms with van der Waals surface area (Å²) in [4.78, 5) is 23.8. The van der Waals surface area contributed by atoms with E-state index in [1.807, 2.05) is 38.1 Å². The number of amides is 1. The molecule has 0 saturated carbocycles. The maximum absolute atomic E-state index is 12.0. The fourth-order valence-corrected chi connectivity index (χ4v) is 2.71. The highest BCUT2D eigenvalue weighted by Gasteiger charge is 2.13. The minimum absolute atomic E-state index is 0.195. The van der Waals surface area contributed by atoms with Crippen molar-refractivity contribution in [1.29, 1.82) is 0 Å². The van der Waals surface area contributed by atoms with E-state index in [1.54, 1.807) is 12.1 Å². The lowest BCUT2D eigenvalue weighted by Crippen LogP contribution is -2.26. The van der Waals surface area contributed by atoms with Crippen molar-refractivity contribution >= 4 is 29.9 Å². The summed E-state index contributed by atoms with van der Waals surface area (Å²) in [6.07, 6.45) is 1.48. The van der Waals surface area contributed by atoms with Crippen LogP contribution < -0.4 is 5.43 Å². The molecular formula is C18H18N2O3S. The number of aromatic carboxylic acids is 1. The molecule has 2 N–H and O–H groups in total. The van der Waals surface area contributed by atoms with Gasteiger partial charge in [-0.25, -0.2) is 10.2 Å². The van der Waals surface area contributed by atoms with Gasteiger partial charge in [0.2, 0.25) is 0 Å². The molecule has 0 radical (unpaired) electrons. The number of hydrazone groups is 1. The molecule has 0 aromatic heterocycles. The van der Waals surface area contributed by atoms with Crippen LogP contribution >= 0.6 is 11.8 Å². The molecule has 0 fully saturated rings. The second-order valence-electron chi connectivity index (χ2n) is 5.23. The van der Waals surface area contributed by atoms with E-state index in [-0.39, 0.29) is 16.7 Å². The van der Waals surface area contributed by atoms with Gasteiger partial charge >= 0.3 is 5.97 Å². The Hall–Kier alpha value is -2.60. The van der Waals surface area contributed by atoms with Crippen molar-refractivity contribution in [2.75, 3.05) is 0 Å². The number of benzene rings is 2. The van der Waals surface area contributed by atoms with Crippen molar-refractivity contribution in [2.45, 2.75) is 24.0 Å². The van der Waals surface area contributed by atoms with E-state index < -0.39 is 5.97 Å². The molecule has 1 amide bonds. The van der Waals surface area contributed by atoms with Crippen LogP contribution in [0.1, 0.15) is 28.4 Å². The molecule has 0 bridgehead atoms. The fourth-order valence-electron chi connectivity index (χ4n) is 1.85. The summed E-state index contributed by atoms with van der Waals surface area (Å²) < 4.78 is 0. The number of nitrogens with one attached hydrogen (secondary N) is 1. The van der Waals surface area contributed by atoms with Crippen molar-refractivity contribution in [3.63, 3.8) is 0 Å². The minimum Gasteiger partial charge on any atom is -0.478 e. The molecule has 6 heteroatoms. The van der Waals surface area contributed by atoms with Gasteiger partial charge in [-0.05, 0) is 43.7 Å². The Balaban J connectivity index is 1.87. The molecular weight excluding hydrogens is 324 g/mol. The first kappa shape index (κ1) is 17.7. The molecule has 0 spiro atoms. The Morgan fingerprint density at radius 2 is 1.75 bits per heavy atom. The average Bonchev–Trinajstić information content (AvgIpc) is 2.57. The summed E-state index contributed by atoms with van der Waals surface area (Å²) in [5, 5.41) is 12.5. The van der Waals surface area contributed by atoms with Gasteiger partial charge in [0.05, 0.1) is 17.0 Å². The summed E-state index contributed by atoms with van der Waals surface area (Å²) in [6, 6.07) is 14.2. The van der Waals surface area contributed by atoms with Gasteiger partial charge in [0.25, 0.3) is 5.91 Å². The number of carbonyl (C=O) groups is 2. The molecule has 1 atom stereocenters. The van der Waals surface area contributed by atoms with Crippen LogP contribution in [0.5, 0.6) is 0 Å². The molecule has 2 aromatic carbocycles. The van der Waals surface area contributed by atoms with Gasteiger partial charge in [-0.2, -0.15) is 5.10 Å². The van der Waals surface area contributed by atoms with Crippen LogP contribution in [0.25, 0.3) is 0 Å². The van der Waals surface area contributed by atoms with E-state index >= 15 is 0 Å². The van der Waals surface area contributed by atoms with Gasteiger partial charge < -0.3 is 5.11 Å². The van der Waals surface area contributed by atoms with E-state index in [0.29, 0.717) is 5.56 Å². The molecule has 24 heavy (non-hydrogen) atoms. The lowest BCUT2D eigenvalue weighted by molar-refractivity contribution is -0.120. The SMILES string of the molecule is Cc1ccc(S[C@@H](C)C(=O)N/N=C\c2ccc(C(=O)O)cc2)cc1. The number of thioether (sulfide) groups is 1. The highest BCUT2D eigenvalue weighted by molar-refractivity contribution is 8.00. The number of aryl methyl sites for hydroxylation is 1. The normalized spacial score (nSPS) is 12.1. The summed E-state index contributed by atoms with van der Waals surface area (Å²) in [6.45, 7) is 3.83. The van der Waals surface area contributed by atoms with E-state index in [2.05, 4.69) is 10.5 Å². The first-order valence-corrected chi connectivity index (χ1v) is 8.23. The van der Waals surface area contributed by atoms with Crippen molar-refractivity contribution in [3.05, 3.63) is 65.2 Å². The molecule has 0 aliphatic heterocycles. The summed E-state index contributed by atoms with van der Waals surface area (Å²) in [5.74, 6) is -1.17. The summed E-state index contributed by atoms with van der Waals surface area (Å²) in [5.41, 5.74) is 4.58. The van der Waals surface area contributed by atoms with Crippen molar-refractivity contribution in [3.8, 4) is 0 Å². The average molecular weight is 342 g/mol. The topological polar surface area (TPSA) is 78.8 Å². The van der Waals surface area contributed by atoms with Crippen LogP contribution in [-0.2, 0) is 4.79 Å². The third kappa shape index (κ3) is 5.24. The minimum atomic E-state index is -0.978. The first-order valence-electron chi connectivity index (χ1n) is 7.35. The van der Waals surface area contributed by atoms with Gasteiger partial charge in [0, 0.05) is 4.90 Å². The molecule has 0 heterocycles. The number of hydrogen-bond acceptors (Lipinski definition) is 4. The van der Waals surface area contributed by atoms with Crippen LogP contribution in [0.15, 0.2) is 58.5 Å². The number of hydrogen-bond donors (Lipinski definition) is 2. The van der Waals surface area contributed by atoms with Crippen molar-refractivity contribution < 1.29 is 14.7 Å². The number of rotatable bonds is 6. The second-order valence-corrected chi connectivity index (χ2v) is 6.65. The number of carboxylic acids is 1. The van der Waals surface area contributed by atoms with Crippen molar-refractivity contribution in [2.24, 2.45) is 5.10 Å². The van der Waals surface area contributed by atoms with Crippen LogP contribution in [0.4, 0.5) is 0 Å². The first-order chi connectivity index (χ1) is 11.5. The predicted molar refractivity (Wildman–Crippen MR) is 95.6 cm³/mol. The molecule has 5 nitrogen and oxygen atoms in total. The van der Waals surface area contributed by atoms with Crippen molar-refractivity contribution in [1.82, 2.24) is 5.43 Å². The van der Waals surface area contributed by atoms with E-state index in [4.69, 9.17) is 5.11 Å². The molecule has 2 rings (SSSR count). The zero-order chi connectivity index (χ0) is 17.5. The van der Waals surface area contributed by atoms with Crippen LogP contribution in [0.3, 0.4) is 0 Å². The number of carboxylic acid groups (broad SMARTS) is 1. The van der Waals surface area contributed by atoms with Gasteiger partial charge in [0.15, 0.2) is 0 Å². The maximum atomic E-state index is 12.0. The standard InChI is InChI=1S/C18H18N2O3S/c1-12-3-9-16(10-4-12)24-13(2)17(21)20-19-11-14-5-7-15(8-6-14)18(22)23/h3-11,13H,1-2H3,(H,20,21)(H,22,23)/b19-11-/t13-/m0/s1. The molecule has 0 aliphatic rings. The lowest BCUT2D eigenvalue weighted by atomic mass is 10.1. The number of nitrogens with zero attached hydrogens (tertiary/aromatic N) is 1. The highest BCUT2D eigenvalue weighted by Crippen LogP contribution is 2.23. The molecule has 124 valence electrons. The summed E-state index contributed by atoms with van der Waals surface area (Å²) in [7, 11) is 0. The fraction of sp³-hybridized carbons (Fsp3) is 0.167. The largest absolute Gasteiger partial charge is 0.478 e. The van der Waals surface area contributed by atoms with Crippen LogP contribution in [0.2, 0.25) is 0 Å². The Kier molecular flexibility index (Phi) is 6.14. The van der Waals surface area contributed by atoms with Gasteiger partial charge in [-0.15, -0.1) is 11.8 Å². The highest BCUT2D eigenvalue weighted by atomic mass is 32.2. The quantitative estimate of drug-likeness (QED) is 0.479. The predicted octanol–water partition coefficient (Wildman–Crippen LogP) is 3.32. The second kappa shape index (κ2) is 8.31. The lowest BCUT2D eigenvalue weighted by Gasteiger charge is -2.09. The zero-order valence-electron chi connectivity index (χ0n) is 13.4. The van der Waals surface area contributed by atoms with E-state index in [0.717, 1.165) is 4.90 Å². The molecule has 0 unspecified atom stereocenters. The van der Waals surface area contributed by atoms with Gasteiger partial charge in [0.1, 0.15) is 0 Å². The molecule has 0 aliphatic carbocycles. The maximum Gasteiger partial charge on any atom is 0.335 e. The molecule has 0 saturated heterocycles. The van der Waals surface area contributed by atoms with E-state index in [1.165, 1.54) is 35.7 Å². The number of carbonyl (C=O) groups excluding carboxylic acids is 1. The third-order valence-electron chi connectivity index (χ3n) is 3.25. The van der Waals surface area contributed by atoms with Gasteiger partial charge in [-0.1, -0.05) is 29.8 Å². The Labute approximate surface area is 144 Å². The van der Waals surface area contributed by atoms with Gasteiger partial charge in [-0.3, -0.25) is 4.79 Å². The third-order valence-corrected chi connectivity index (χ3v) is 4.36. The summed E-state index contributed by atoms with van der Waals surface area (Å²) >= 11 is 1.46. The smallest absolute Gasteiger partial charge is 0.335 e. The Morgan fingerprint density at radius 1 is 1.12 bits per heavy atom. The van der Waals surface area contributed by atoms with Crippen LogP contribution in [-0.4, -0.2) is 28.4 Å². The Morgan fingerprint density at radius 3 is 2.33 bits per heavy atom. The zero-order valence-corrected chi connectivity index (χ0v) is 14.2. The Bertz CT molecular complexity index is 740. The van der Waals surface area contributed by atoms with E-state index in [9.17, 15) is 9.59 Å². The molecule has 2 aromatic rings. The monoisotopic (exact) mass is 342 g/mol.